The van der Waals surface area contributed by atoms with Gasteiger partial charge in [-0.25, -0.2) is 4.52 Å². The highest BCUT2D eigenvalue weighted by Gasteiger charge is 2.11. The fourth-order valence-corrected chi connectivity index (χ4v) is 3.21. The van der Waals surface area contributed by atoms with Crippen molar-refractivity contribution in [2.24, 2.45) is 0 Å². The number of ether oxygens (including phenoxy) is 1. The average molecular weight is 402 g/mol. The van der Waals surface area contributed by atoms with Crippen LogP contribution in [-0.2, 0) is 17.9 Å². The van der Waals surface area contributed by atoms with E-state index < -0.39 is 0 Å². The smallest absolute Gasteiger partial charge is 0.277 e. The van der Waals surface area contributed by atoms with Crippen molar-refractivity contribution < 1.29 is 9.53 Å². The molecule has 152 valence electrons. The summed E-state index contributed by atoms with van der Waals surface area (Å²) in [5.41, 5.74) is 3.89. The summed E-state index contributed by atoms with van der Waals surface area (Å²) in [5.74, 6) is 0.482. The van der Waals surface area contributed by atoms with Crippen molar-refractivity contribution in [3.63, 3.8) is 0 Å². The first-order chi connectivity index (χ1) is 14.5. The standard InChI is InChI=1S/C23H22N4O3/c1-16-6-8-18(9-7-16)20-13-21-23(29)26(10-11-27(21)25-20)15-22(28)24-14-17-4-3-5-19(12-17)30-2/h3-13H,14-15H2,1-2H3,(H,24,28). The zero-order valence-corrected chi connectivity index (χ0v) is 16.8. The number of fused-ring (bicyclic) bond motifs is 1. The van der Waals surface area contributed by atoms with Gasteiger partial charge in [0.1, 0.15) is 17.8 Å². The largest absolute Gasteiger partial charge is 0.497 e. The molecule has 0 saturated heterocycles. The van der Waals surface area contributed by atoms with Crippen molar-refractivity contribution in [3.05, 3.63) is 88.5 Å². The molecule has 1 N–H and O–H groups in total. The van der Waals surface area contributed by atoms with Gasteiger partial charge in [0.05, 0.1) is 12.8 Å². The lowest BCUT2D eigenvalue weighted by atomic mass is 10.1. The van der Waals surface area contributed by atoms with E-state index in [1.165, 1.54) is 4.57 Å². The van der Waals surface area contributed by atoms with Gasteiger partial charge in [0.15, 0.2) is 0 Å². The Bertz CT molecular complexity index is 1260. The monoisotopic (exact) mass is 402 g/mol. The molecule has 0 aliphatic rings. The van der Waals surface area contributed by atoms with Crippen LogP contribution < -0.4 is 15.6 Å². The van der Waals surface area contributed by atoms with E-state index in [0.29, 0.717) is 17.8 Å². The predicted molar refractivity (Wildman–Crippen MR) is 114 cm³/mol. The molecule has 7 nitrogen and oxygen atoms in total. The number of benzene rings is 2. The van der Waals surface area contributed by atoms with Crippen LogP contribution in [0.2, 0.25) is 0 Å². The van der Waals surface area contributed by atoms with Crippen LogP contribution in [0.1, 0.15) is 11.1 Å². The molecule has 30 heavy (non-hydrogen) atoms. The van der Waals surface area contributed by atoms with E-state index in [2.05, 4.69) is 10.4 Å². The van der Waals surface area contributed by atoms with E-state index in [9.17, 15) is 9.59 Å². The molecule has 0 aliphatic carbocycles. The van der Waals surface area contributed by atoms with Crippen LogP contribution in [0.3, 0.4) is 0 Å². The van der Waals surface area contributed by atoms with E-state index in [1.807, 2.05) is 55.5 Å². The third-order valence-corrected chi connectivity index (χ3v) is 4.89. The molecule has 2 aromatic heterocycles. The number of hydrogen-bond donors (Lipinski definition) is 1. The summed E-state index contributed by atoms with van der Waals surface area (Å²) in [5, 5.41) is 7.31. The molecule has 7 heteroatoms. The van der Waals surface area contributed by atoms with E-state index >= 15 is 0 Å². The van der Waals surface area contributed by atoms with Gasteiger partial charge in [0.2, 0.25) is 5.91 Å². The fraction of sp³-hybridized carbons (Fsp3) is 0.174. The first kappa shape index (κ1) is 19.4. The van der Waals surface area contributed by atoms with Crippen molar-refractivity contribution in [2.45, 2.75) is 20.0 Å². The topological polar surface area (TPSA) is 77.6 Å². The molecular formula is C23H22N4O3. The minimum atomic E-state index is -0.264. The van der Waals surface area contributed by atoms with Crippen LogP contribution in [-0.4, -0.2) is 27.2 Å². The van der Waals surface area contributed by atoms with Gasteiger partial charge in [-0.05, 0) is 30.7 Å². The Balaban J connectivity index is 1.50. The van der Waals surface area contributed by atoms with Gasteiger partial charge < -0.3 is 14.6 Å². The number of hydrogen-bond acceptors (Lipinski definition) is 4. The SMILES string of the molecule is COc1cccc(CNC(=O)Cn2ccn3nc(-c4ccc(C)cc4)cc3c2=O)c1. The molecule has 0 unspecified atom stereocenters. The third kappa shape index (κ3) is 4.10. The first-order valence-electron chi connectivity index (χ1n) is 9.59. The highest BCUT2D eigenvalue weighted by molar-refractivity contribution is 5.76. The van der Waals surface area contributed by atoms with Crippen LogP contribution in [0.5, 0.6) is 5.75 Å². The lowest BCUT2D eigenvalue weighted by Gasteiger charge is -2.08. The minimum absolute atomic E-state index is 0.0651. The lowest BCUT2D eigenvalue weighted by Crippen LogP contribution is -2.32. The second-order valence-electron chi connectivity index (χ2n) is 7.08. The maximum Gasteiger partial charge on any atom is 0.277 e. The zero-order valence-electron chi connectivity index (χ0n) is 16.8. The number of carbonyl (C=O) groups excluding carboxylic acids is 1. The molecule has 2 aromatic carbocycles. The molecule has 0 radical (unpaired) electrons. The summed E-state index contributed by atoms with van der Waals surface area (Å²) in [4.78, 5) is 25.2. The average Bonchev–Trinajstić information content (AvgIpc) is 3.20. The van der Waals surface area contributed by atoms with Gasteiger partial charge in [-0.2, -0.15) is 5.10 Å². The molecule has 0 spiro atoms. The van der Waals surface area contributed by atoms with Gasteiger partial charge >= 0.3 is 0 Å². The zero-order chi connectivity index (χ0) is 21.1. The van der Waals surface area contributed by atoms with Crippen LogP contribution in [0.4, 0.5) is 0 Å². The maximum absolute atomic E-state index is 12.8. The second kappa shape index (κ2) is 8.24. The Hall–Kier alpha value is -3.87. The number of carbonyl (C=O) groups is 1. The third-order valence-electron chi connectivity index (χ3n) is 4.89. The van der Waals surface area contributed by atoms with Crippen LogP contribution in [0.15, 0.2) is 71.8 Å². The second-order valence-corrected chi connectivity index (χ2v) is 7.08. The minimum Gasteiger partial charge on any atom is -0.497 e. The Morgan fingerprint density at radius 3 is 2.67 bits per heavy atom. The Morgan fingerprint density at radius 1 is 1.10 bits per heavy atom. The molecule has 4 aromatic rings. The van der Waals surface area contributed by atoms with Gasteiger partial charge in [-0.3, -0.25) is 9.59 Å². The summed E-state index contributed by atoms with van der Waals surface area (Å²) in [6.45, 7) is 2.31. The summed E-state index contributed by atoms with van der Waals surface area (Å²) >= 11 is 0. The number of aryl methyl sites for hydroxylation is 1. The van der Waals surface area contributed by atoms with E-state index in [4.69, 9.17) is 4.74 Å². The molecular weight excluding hydrogens is 380 g/mol. The van der Waals surface area contributed by atoms with Gasteiger partial charge in [-0.1, -0.05) is 42.0 Å². The van der Waals surface area contributed by atoms with Crippen molar-refractivity contribution in [3.8, 4) is 17.0 Å². The summed E-state index contributed by atoms with van der Waals surface area (Å²) in [6.07, 6.45) is 3.26. The number of nitrogens with zero attached hydrogens (tertiary/aromatic N) is 3. The highest BCUT2D eigenvalue weighted by atomic mass is 16.5. The van der Waals surface area contributed by atoms with E-state index in [0.717, 1.165) is 22.4 Å². The van der Waals surface area contributed by atoms with E-state index in [1.54, 1.807) is 30.1 Å². The molecule has 1 amide bonds. The molecule has 0 fully saturated rings. The predicted octanol–water partition coefficient (Wildman–Crippen LogP) is 2.80. The summed E-state index contributed by atoms with van der Waals surface area (Å²) in [7, 11) is 1.60. The summed E-state index contributed by atoms with van der Waals surface area (Å²) < 4.78 is 8.12. The number of nitrogens with one attached hydrogen (secondary N) is 1. The molecule has 0 saturated carbocycles. The Kier molecular flexibility index (Phi) is 5.34. The van der Waals surface area contributed by atoms with Gasteiger partial charge in [0.25, 0.3) is 5.56 Å². The molecule has 0 bridgehead atoms. The lowest BCUT2D eigenvalue weighted by molar-refractivity contribution is -0.121. The Labute approximate surface area is 173 Å². The molecule has 0 atom stereocenters. The highest BCUT2D eigenvalue weighted by Crippen LogP contribution is 2.19. The van der Waals surface area contributed by atoms with E-state index in [-0.39, 0.29) is 18.0 Å². The molecule has 0 aliphatic heterocycles. The van der Waals surface area contributed by atoms with Crippen molar-refractivity contribution in [1.82, 2.24) is 19.5 Å². The van der Waals surface area contributed by atoms with Crippen LogP contribution in [0.25, 0.3) is 16.8 Å². The number of methoxy groups -OCH3 is 1. The van der Waals surface area contributed by atoms with Crippen molar-refractivity contribution >= 4 is 11.4 Å². The number of rotatable bonds is 6. The Morgan fingerprint density at radius 2 is 1.90 bits per heavy atom. The molecule has 2 heterocycles. The molecule has 4 rings (SSSR count). The fourth-order valence-electron chi connectivity index (χ4n) is 3.21. The number of aromatic nitrogens is 3. The van der Waals surface area contributed by atoms with Crippen LogP contribution >= 0.6 is 0 Å². The first-order valence-corrected chi connectivity index (χ1v) is 9.59. The maximum atomic E-state index is 12.8. The van der Waals surface area contributed by atoms with Gasteiger partial charge in [0, 0.05) is 24.5 Å². The van der Waals surface area contributed by atoms with Crippen LogP contribution in [0, 0.1) is 6.92 Å². The van der Waals surface area contributed by atoms with Crippen molar-refractivity contribution in [1.29, 1.82) is 0 Å². The van der Waals surface area contributed by atoms with Crippen molar-refractivity contribution in [2.75, 3.05) is 7.11 Å². The normalized spacial score (nSPS) is 10.9. The number of amides is 1. The quantitative estimate of drug-likeness (QED) is 0.538. The van der Waals surface area contributed by atoms with Gasteiger partial charge in [-0.15, -0.1) is 0 Å². The summed E-state index contributed by atoms with van der Waals surface area (Å²) in [6, 6.07) is 17.2.